The first-order chi connectivity index (χ1) is 10.1. The summed E-state index contributed by atoms with van der Waals surface area (Å²) in [7, 11) is 0. The van der Waals surface area contributed by atoms with E-state index >= 15 is 0 Å². The molecule has 1 aromatic carbocycles. The number of halogens is 3. The van der Waals surface area contributed by atoms with Crippen LogP contribution in [0, 0.1) is 17.5 Å². The summed E-state index contributed by atoms with van der Waals surface area (Å²) >= 11 is 0. The highest BCUT2D eigenvalue weighted by molar-refractivity contribution is 5.46. The van der Waals surface area contributed by atoms with E-state index in [0.29, 0.717) is 36.2 Å². The topological polar surface area (TPSA) is 29.0 Å². The lowest BCUT2D eigenvalue weighted by Crippen LogP contribution is -2.32. The van der Waals surface area contributed by atoms with Crippen LogP contribution in [0.4, 0.5) is 19.0 Å². The molecule has 1 aliphatic rings. The van der Waals surface area contributed by atoms with Crippen molar-refractivity contribution in [1.29, 1.82) is 0 Å². The second-order valence-corrected chi connectivity index (χ2v) is 5.01. The van der Waals surface area contributed by atoms with Gasteiger partial charge < -0.3 is 4.90 Å². The van der Waals surface area contributed by atoms with Gasteiger partial charge in [-0.05, 0) is 30.0 Å². The summed E-state index contributed by atoms with van der Waals surface area (Å²) in [6.07, 6.45) is 2.18. The van der Waals surface area contributed by atoms with Crippen LogP contribution in [-0.4, -0.2) is 16.5 Å². The molecule has 0 radical (unpaired) electrons. The van der Waals surface area contributed by atoms with Gasteiger partial charge in [-0.2, -0.15) is 0 Å². The third-order valence-corrected chi connectivity index (χ3v) is 3.72. The Morgan fingerprint density at radius 1 is 1.19 bits per heavy atom. The highest BCUT2D eigenvalue weighted by Gasteiger charge is 2.24. The summed E-state index contributed by atoms with van der Waals surface area (Å²) < 4.78 is 41.3. The van der Waals surface area contributed by atoms with Crippen LogP contribution in [0.3, 0.4) is 0 Å². The minimum atomic E-state index is -0.620. The minimum Gasteiger partial charge on any atom is -0.349 e. The fourth-order valence-corrected chi connectivity index (χ4v) is 2.65. The van der Waals surface area contributed by atoms with Gasteiger partial charge in [-0.3, -0.25) is 0 Å². The van der Waals surface area contributed by atoms with Gasteiger partial charge in [0.1, 0.15) is 18.0 Å². The monoisotopic (exact) mass is 293 g/mol. The summed E-state index contributed by atoms with van der Waals surface area (Å²) in [4.78, 5) is 9.56. The Balaban J connectivity index is 1.97. The van der Waals surface area contributed by atoms with Crippen molar-refractivity contribution < 1.29 is 13.2 Å². The molecular formula is C15H14F3N3. The predicted molar refractivity (Wildman–Crippen MR) is 72.5 cm³/mol. The molecule has 0 atom stereocenters. The Hall–Kier alpha value is -2.11. The molecule has 110 valence electrons. The molecule has 6 heteroatoms. The Bertz CT molecular complexity index is 688. The van der Waals surface area contributed by atoms with Crippen molar-refractivity contribution in [2.24, 2.45) is 0 Å². The second-order valence-electron chi connectivity index (χ2n) is 5.01. The van der Waals surface area contributed by atoms with E-state index in [-0.39, 0.29) is 12.4 Å². The van der Waals surface area contributed by atoms with Gasteiger partial charge >= 0.3 is 0 Å². The van der Waals surface area contributed by atoms with Crippen molar-refractivity contribution in [3.8, 4) is 0 Å². The molecule has 1 aliphatic heterocycles. The molecular weight excluding hydrogens is 279 g/mol. The Morgan fingerprint density at radius 2 is 2.00 bits per heavy atom. The summed E-state index contributed by atoms with van der Waals surface area (Å²) in [5.41, 5.74) is 1.38. The van der Waals surface area contributed by atoms with Crippen LogP contribution in [0.15, 0.2) is 18.5 Å². The Kier molecular flexibility index (Phi) is 3.53. The van der Waals surface area contributed by atoms with Crippen molar-refractivity contribution in [3.05, 3.63) is 52.7 Å². The molecule has 0 fully saturated rings. The second kappa shape index (κ2) is 5.35. The van der Waals surface area contributed by atoms with Gasteiger partial charge in [0, 0.05) is 19.2 Å². The van der Waals surface area contributed by atoms with Crippen LogP contribution < -0.4 is 4.90 Å². The van der Waals surface area contributed by atoms with Gasteiger partial charge in [-0.25, -0.2) is 23.1 Å². The third kappa shape index (κ3) is 2.46. The van der Waals surface area contributed by atoms with Crippen LogP contribution in [0.5, 0.6) is 0 Å². The molecule has 0 spiro atoms. The number of fused-ring (bicyclic) bond motifs is 1. The van der Waals surface area contributed by atoms with E-state index in [1.165, 1.54) is 12.4 Å². The van der Waals surface area contributed by atoms with Crippen LogP contribution in [0.25, 0.3) is 0 Å². The number of hydrogen-bond acceptors (Lipinski definition) is 3. The summed E-state index contributed by atoms with van der Waals surface area (Å²) in [6.45, 7) is 2.49. The van der Waals surface area contributed by atoms with Crippen molar-refractivity contribution in [2.75, 3.05) is 11.4 Å². The third-order valence-electron chi connectivity index (χ3n) is 3.72. The highest BCUT2D eigenvalue weighted by atomic mass is 19.1. The number of benzene rings is 1. The number of hydrogen-bond donors (Lipinski definition) is 0. The SMILES string of the molecule is CCc1ncnc(N2CCc3c(F)cc(F)cc3C2)c1F. The lowest BCUT2D eigenvalue weighted by molar-refractivity contribution is 0.547. The number of aromatic nitrogens is 2. The van der Waals surface area contributed by atoms with Crippen molar-refractivity contribution in [2.45, 2.75) is 26.3 Å². The van der Waals surface area contributed by atoms with Gasteiger partial charge in [0.2, 0.25) is 0 Å². The van der Waals surface area contributed by atoms with E-state index in [1.54, 1.807) is 4.90 Å². The Labute approximate surface area is 120 Å². The molecule has 0 bridgehead atoms. The van der Waals surface area contributed by atoms with Gasteiger partial charge in [-0.1, -0.05) is 6.92 Å². The summed E-state index contributed by atoms with van der Waals surface area (Å²) in [5, 5.41) is 0. The van der Waals surface area contributed by atoms with Gasteiger partial charge in [0.05, 0.1) is 5.69 Å². The minimum absolute atomic E-state index is 0.192. The average molecular weight is 293 g/mol. The molecule has 0 aliphatic carbocycles. The molecule has 21 heavy (non-hydrogen) atoms. The van der Waals surface area contributed by atoms with E-state index in [0.717, 1.165) is 6.07 Å². The van der Waals surface area contributed by atoms with Gasteiger partial charge in [-0.15, -0.1) is 0 Å². The fourth-order valence-electron chi connectivity index (χ4n) is 2.65. The van der Waals surface area contributed by atoms with Crippen molar-refractivity contribution in [3.63, 3.8) is 0 Å². The van der Waals surface area contributed by atoms with E-state index in [2.05, 4.69) is 9.97 Å². The van der Waals surface area contributed by atoms with Gasteiger partial charge in [0.15, 0.2) is 11.6 Å². The van der Waals surface area contributed by atoms with Crippen molar-refractivity contribution >= 4 is 5.82 Å². The maximum Gasteiger partial charge on any atom is 0.187 e. The maximum atomic E-state index is 14.3. The molecule has 0 saturated heterocycles. The average Bonchev–Trinajstić information content (AvgIpc) is 2.46. The van der Waals surface area contributed by atoms with Crippen LogP contribution in [0.2, 0.25) is 0 Å². The highest BCUT2D eigenvalue weighted by Crippen LogP contribution is 2.27. The van der Waals surface area contributed by atoms with Crippen LogP contribution in [0.1, 0.15) is 23.7 Å². The van der Waals surface area contributed by atoms with Crippen LogP contribution >= 0.6 is 0 Å². The number of aryl methyl sites for hydroxylation is 1. The first-order valence-electron chi connectivity index (χ1n) is 6.81. The molecule has 3 nitrogen and oxygen atoms in total. The molecule has 0 amide bonds. The van der Waals surface area contributed by atoms with E-state index in [9.17, 15) is 13.2 Å². The molecule has 0 N–H and O–H groups in total. The molecule has 1 aromatic heterocycles. The molecule has 0 unspecified atom stereocenters. The number of nitrogens with zero attached hydrogens (tertiary/aromatic N) is 3. The number of anilines is 1. The largest absolute Gasteiger partial charge is 0.349 e. The van der Waals surface area contributed by atoms with E-state index in [1.807, 2.05) is 6.92 Å². The lowest BCUT2D eigenvalue weighted by atomic mass is 9.99. The zero-order valence-corrected chi connectivity index (χ0v) is 11.5. The zero-order valence-electron chi connectivity index (χ0n) is 11.5. The van der Waals surface area contributed by atoms with Gasteiger partial charge in [0.25, 0.3) is 0 Å². The zero-order chi connectivity index (χ0) is 15.0. The molecule has 0 saturated carbocycles. The van der Waals surface area contributed by atoms with Crippen molar-refractivity contribution in [1.82, 2.24) is 9.97 Å². The maximum absolute atomic E-state index is 14.3. The molecule has 2 heterocycles. The first-order valence-corrected chi connectivity index (χ1v) is 6.81. The molecule has 2 aromatic rings. The molecule has 3 rings (SSSR count). The smallest absolute Gasteiger partial charge is 0.187 e. The number of rotatable bonds is 2. The summed E-state index contributed by atoms with van der Waals surface area (Å²) in [5.74, 6) is -1.43. The van der Waals surface area contributed by atoms with Crippen LogP contribution in [-0.2, 0) is 19.4 Å². The predicted octanol–water partition coefficient (Wildman–Crippen LogP) is 3.02. The first kappa shape index (κ1) is 13.9. The quantitative estimate of drug-likeness (QED) is 0.852. The standard InChI is InChI=1S/C15H14F3N3/c1-2-13-14(18)15(20-8-19-13)21-4-3-11-9(7-21)5-10(16)6-12(11)17/h5-6,8H,2-4,7H2,1H3. The summed E-state index contributed by atoms with van der Waals surface area (Å²) in [6, 6.07) is 2.18. The Morgan fingerprint density at radius 3 is 2.76 bits per heavy atom. The van der Waals surface area contributed by atoms with E-state index in [4.69, 9.17) is 0 Å². The van der Waals surface area contributed by atoms with E-state index < -0.39 is 17.5 Å². The normalized spacial score (nSPS) is 14.2. The lowest BCUT2D eigenvalue weighted by Gasteiger charge is -2.30. The fraction of sp³-hybridized carbons (Fsp3) is 0.333.